The fourth-order valence-corrected chi connectivity index (χ4v) is 3.82. The molecule has 2 heterocycles. The van der Waals surface area contributed by atoms with Crippen molar-refractivity contribution in [2.75, 3.05) is 37.7 Å². The minimum Gasteiger partial charge on any atom is -0.452 e. The number of esters is 1. The number of hydrogen-bond acceptors (Lipinski definition) is 4. The first-order chi connectivity index (χ1) is 14.2. The number of carbonyl (C=O) groups is 2. The Kier molecular flexibility index (Phi) is 5.51. The zero-order chi connectivity index (χ0) is 20.2. The van der Waals surface area contributed by atoms with Crippen molar-refractivity contribution in [2.45, 2.75) is 13.5 Å². The molecule has 0 spiro atoms. The van der Waals surface area contributed by atoms with E-state index in [-0.39, 0.29) is 12.5 Å². The van der Waals surface area contributed by atoms with E-state index in [9.17, 15) is 9.59 Å². The topological polar surface area (TPSA) is 54.8 Å². The number of nitrogens with zero attached hydrogens (tertiary/aromatic N) is 3. The monoisotopic (exact) mass is 391 g/mol. The van der Waals surface area contributed by atoms with Gasteiger partial charge in [0.05, 0.1) is 5.56 Å². The average Bonchev–Trinajstić information content (AvgIpc) is 3.17. The van der Waals surface area contributed by atoms with Crippen LogP contribution < -0.4 is 4.90 Å². The van der Waals surface area contributed by atoms with Gasteiger partial charge in [-0.1, -0.05) is 36.4 Å². The fraction of sp³-hybridized carbons (Fsp3) is 0.304. The summed E-state index contributed by atoms with van der Waals surface area (Å²) in [5.41, 5.74) is 2.66. The molecular weight excluding hydrogens is 366 g/mol. The third kappa shape index (κ3) is 3.97. The number of para-hydroxylation sites is 2. The molecule has 1 fully saturated rings. The highest BCUT2D eigenvalue weighted by atomic mass is 16.5. The lowest BCUT2D eigenvalue weighted by Crippen LogP contribution is -2.49. The number of carbonyl (C=O) groups excluding carboxylic acids is 2. The largest absolute Gasteiger partial charge is 0.452 e. The molecule has 1 saturated heterocycles. The first kappa shape index (κ1) is 19.1. The number of anilines is 1. The highest BCUT2D eigenvalue weighted by Gasteiger charge is 2.23. The van der Waals surface area contributed by atoms with Gasteiger partial charge in [-0.05, 0) is 25.1 Å². The SMILES string of the molecule is CCn1cc(C(=O)OCC(=O)N2CCN(c3ccccc3)CC2)c2ccccc21. The number of rotatable bonds is 5. The summed E-state index contributed by atoms with van der Waals surface area (Å²) >= 11 is 0. The number of aryl methyl sites for hydroxylation is 1. The van der Waals surface area contributed by atoms with Crippen LogP contribution in [-0.2, 0) is 16.1 Å². The van der Waals surface area contributed by atoms with Crippen LogP contribution in [0.2, 0.25) is 0 Å². The predicted octanol–water partition coefficient (Wildman–Crippen LogP) is 3.17. The van der Waals surface area contributed by atoms with Crippen molar-refractivity contribution in [3.05, 3.63) is 66.4 Å². The van der Waals surface area contributed by atoms with Crippen molar-refractivity contribution >= 4 is 28.5 Å². The van der Waals surface area contributed by atoms with E-state index in [1.807, 2.05) is 54.0 Å². The van der Waals surface area contributed by atoms with Crippen LogP contribution in [-0.4, -0.2) is 54.1 Å². The van der Waals surface area contributed by atoms with Gasteiger partial charge in [-0.25, -0.2) is 4.79 Å². The van der Waals surface area contributed by atoms with Crippen LogP contribution in [0.4, 0.5) is 5.69 Å². The summed E-state index contributed by atoms with van der Waals surface area (Å²) in [6, 6.07) is 17.9. The van der Waals surface area contributed by atoms with E-state index in [1.165, 1.54) is 5.69 Å². The standard InChI is InChI=1S/C23H25N3O3/c1-2-24-16-20(19-10-6-7-11-21(19)24)23(28)29-17-22(27)26-14-12-25(13-15-26)18-8-4-3-5-9-18/h3-11,16H,2,12-15,17H2,1H3. The van der Waals surface area contributed by atoms with Crippen LogP contribution in [0.15, 0.2) is 60.8 Å². The molecule has 0 N–H and O–H groups in total. The van der Waals surface area contributed by atoms with Crippen LogP contribution in [0, 0.1) is 0 Å². The van der Waals surface area contributed by atoms with E-state index in [1.54, 1.807) is 11.1 Å². The summed E-state index contributed by atoms with van der Waals surface area (Å²) in [6.45, 7) is 5.36. The predicted molar refractivity (Wildman–Crippen MR) is 113 cm³/mol. The molecule has 1 aromatic heterocycles. The maximum Gasteiger partial charge on any atom is 0.340 e. The summed E-state index contributed by atoms with van der Waals surface area (Å²) in [4.78, 5) is 29.1. The first-order valence-electron chi connectivity index (χ1n) is 10.00. The van der Waals surface area contributed by atoms with Gasteiger partial charge in [-0.15, -0.1) is 0 Å². The number of aromatic nitrogens is 1. The van der Waals surface area contributed by atoms with Crippen molar-refractivity contribution < 1.29 is 14.3 Å². The molecule has 6 nitrogen and oxygen atoms in total. The van der Waals surface area contributed by atoms with Crippen molar-refractivity contribution in [2.24, 2.45) is 0 Å². The van der Waals surface area contributed by atoms with Crippen LogP contribution in [0.25, 0.3) is 10.9 Å². The Bertz CT molecular complexity index is 1000. The molecular formula is C23H25N3O3. The Labute approximate surface area is 170 Å². The van der Waals surface area contributed by atoms with E-state index in [0.717, 1.165) is 30.5 Å². The molecule has 3 aromatic rings. The smallest absolute Gasteiger partial charge is 0.340 e. The summed E-state index contributed by atoms with van der Waals surface area (Å²) < 4.78 is 7.37. The van der Waals surface area contributed by atoms with Gasteiger partial charge in [0.1, 0.15) is 0 Å². The first-order valence-corrected chi connectivity index (χ1v) is 10.00. The third-order valence-electron chi connectivity index (χ3n) is 5.43. The van der Waals surface area contributed by atoms with Gasteiger partial charge in [0.15, 0.2) is 6.61 Å². The molecule has 1 aliphatic heterocycles. The van der Waals surface area contributed by atoms with Crippen LogP contribution in [0.1, 0.15) is 17.3 Å². The van der Waals surface area contributed by atoms with E-state index < -0.39 is 5.97 Å². The Morgan fingerprint density at radius 1 is 0.931 bits per heavy atom. The molecule has 0 unspecified atom stereocenters. The van der Waals surface area contributed by atoms with Gasteiger partial charge in [0.2, 0.25) is 0 Å². The van der Waals surface area contributed by atoms with Crippen molar-refractivity contribution in [3.63, 3.8) is 0 Å². The van der Waals surface area contributed by atoms with Gasteiger partial charge in [0, 0.05) is 55.5 Å². The van der Waals surface area contributed by atoms with Crippen molar-refractivity contribution in [3.8, 4) is 0 Å². The minimum absolute atomic E-state index is 0.148. The van der Waals surface area contributed by atoms with Gasteiger partial charge in [0.25, 0.3) is 5.91 Å². The summed E-state index contributed by atoms with van der Waals surface area (Å²) in [5, 5.41) is 0.850. The highest BCUT2D eigenvalue weighted by Crippen LogP contribution is 2.22. The van der Waals surface area contributed by atoms with Crippen LogP contribution >= 0.6 is 0 Å². The molecule has 150 valence electrons. The normalized spacial score (nSPS) is 14.2. The number of hydrogen-bond donors (Lipinski definition) is 0. The van der Waals surface area contributed by atoms with Gasteiger partial charge in [-0.3, -0.25) is 4.79 Å². The zero-order valence-electron chi connectivity index (χ0n) is 16.6. The lowest BCUT2D eigenvalue weighted by atomic mass is 10.2. The van der Waals surface area contributed by atoms with E-state index in [4.69, 9.17) is 4.74 Å². The molecule has 6 heteroatoms. The molecule has 0 saturated carbocycles. The average molecular weight is 391 g/mol. The quantitative estimate of drug-likeness (QED) is 0.627. The second kappa shape index (κ2) is 8.39. The number of piperazine rings is 1. The Morgan fingerprint density at radius 2 is 1.62 bits per heavy atom. The molecule has 0 aliphatic carbocycles. The molecule has 0 atom stereocenters. The maximum atomic E-state index is 12.6. The molecule has 4 rings (SSSR count). The van der Waals surface area contributed by atoms with Crippen LogP contribution in [0.5, 0.6) is 0 Å². The highest BCUT2D eigenvalue weighted by molar-refractivity contribution is 6.04. The Morgan fingerprint density at radius 3 is 2.34 bits per heavy atom. The number of benzene rings is 2. The zero-order valence-corrected chi connectivity index (χ0v) is 16.6. The second-order valence-corrected chi connectivity index (χ2v) is 7.13. The molecule has 0 radical (unpaired) electrons. The second-order valence-electron chi connectivity index (χ2n) is 7.13. The lowest BCUT2D eigenvalue weighted by Gasteiger charge is -2.36. The maximum absolute atomic E-state index is 12.6. The van der Waals surface area contributed by atoms with Crippen molar-refractivity contribution in [1.29, 1.82) is 0 Å². The third-order valence-corrected chi connectivity index (χ3v) is 5.43. The summed E-state index contributed by atoms with van der Waals surface area (Å²) in [5.74, 6) is -0.602. The van der Waals surface area contributed by atoms with Gasteiger partial charge >= 0.3 is 5.97 Å². The number of fused-ring (bicyclic) bond motifs is 1. The molecule has 29 heavy (non-hydrogen) atoms. The van der Waals surface area contributed by atoms with Gasteiger partial charge in [-0.2, -0.15) is 0 Å². The summed E-state index contributed by atoms with van der Waals surface area (Å²) in [7, 11) is 0. The fourth-order valence-electron chi connectivity index (χ4n) is 3.82. The minimum atomic E-state index is -0.454. The van der Waals surface area contributed by atoms with Crippen molar-refractivity contribution in [1.82, 2.24) is 9.47 Å². The molecule has 1 aliphatic rings. The molecule has 1 amide bonds. The van der Waals surface area contributed by atoms with E-state index in [0.29, 0.717) is 18.7 Å². The van der Waals surface area contributed by atoms with Gasteiger partial charge < -0.3 is 19.1 Å². The van der Waals surface area contributed by atoms with E-state index in [2.05, 4.69) is 17.0 Å². The summed E-state index contributed by atoms with van der Waals surface area (Å²) in [6.07, 6.45) is 1.80. The van der Waals surface area contributed by atoms with Crippen LogP contribution in [0.3, 0.4) is 0 Å². The Hall–Kier alpha value is -3.28. The number of ether oxygens (including phenoxy) is 1. The number of amides is 1. The molecule has 2 aromatic carbocycles. The van der Waals surface area contributed by atoms with E-state index >= 15 is 0 Å². The molecule has 0 bridgehead atoms. The lowest BCUT2D eigenvalue weighted by molar-refractivity contribution is -0.134. The Balaban J connectivity index is 1.34.